The second-order valence-electron chi connectivity index (χ2n) is 6.74. The number of nitrogens with two attached hydrogens (primary N) is 1. The number of carbonyl (C=O) groups excluding carboxylic acids is 1. The summed E-state index contributed by atoms with van der Waals surface area (Å²) in [6.45, 7) is 13.3. The maximum atomic E-state index is 11.8. The van der Waals surface area contributed by atoms with Crippen molar-refractivity contribution < 1.29 is 4.79 Å². The van der Waals surface area contributed by atoms with Crippen LogP contribution in [-0.4, -0.2) is 18.0 Å². The molecular weight excluding hydrogens is 212 g/mol. The molecule has 3 nitrogen and oxygen atoms in total. The van der Waals surface area contributed by atoms with Gasteiger partial charge in [-0.2, -0.15) is 0 Å². The first-order valence-electron chi connectivity index (χ1n) is 6.62. The van der Waals surface area contributed by atoms with Crippen LogP contribution in [-0.2, 0) is 4.79 Å². The zero-order valence-electron chi connectivity index (χ0n) is 12.4. The smallest absolute Gasteiger partial charge is 0.220 e. The van der Waals surface area contributed by atoms with E-state index in [1.54, 1.807) is 0 Å². The molecule has 0 aliphatic carbocycles. The van der Waals surface area contributed by atoms with E-state index in [1.165, 1.54) is 0 Å². The monoisotopic (exact) mass is 242 g/mol. The molecule has 0 rings (SSSR count). The summed E-state index contributed by atoms with van der Waals surface area (Å²) >= 11 is 0. The van der Waals surface area contributed by atoms with Crippen molar-refractivity contribution in [3.05, 3.63) is 0 Å². The third-order valence-electron chi connectivity index (χ3n) is 3.45. The van der Waals surface area contributed by atoms with Crippen molar-refractivity contribution in [3.8, 4) is 0 Å². The standard InChI is InChI=1S/C14H30N2O/c1-11(2)14(6,10-15)16-12(17)8-7-9-13(3,4)5/h11H,7-10,15H2,1-6H3,(H,16,17). The molecule has 1 atom stereocenters. The summed E-state index contributed by atoms with van der Waals surface area (Å²) in [5, 5.41) is 3.06. The number of nitrogens with one attached hydrogen (secondary N) is 1. The van der Waals surface area contributed by atoms with E-state index in [-0.39, 0.29) is 11.4 Å². The third kappa shape index (κ3) is 6.67. The van der Waals surface area contributed by atoms with Crippen LogP contribution in [0.3, 0.4) is 0 Å². The van der Waals surface area contributed by atoms with Gasteiger partial charge in [0.25, 0.3) is 0 Å². The van der Waals surface area contributed by atoms with Crippen LogP contribution in [0.25, 0.3) is 0 Å². The molecule has 0 aromatic heterocycles. The van der Waals surface area contributed by atoms with Crippen molar-refractivity contribution >= 4 is 5.91 Å². The van der Waals surface area contributed by atoms with Crippen LogP contribution in [0.5, 0.6) is 0 Å². The zero-order chi connectivity index (χ0) is 13.7. The zero-order valence-corrected chi connectivity index (χ0v) is 12.4. The SMILES string of the molecule is CC(C)C(C)(CN)NC(=O)CCCC(C)(C)C. The van der Waals surface area contributed by atoms with Crippen molar-refractivity contribution in [2.75, 3.05) is 6.54 Å². The molecule has 1 unspecified atom stereocenters. The van der Waals surface area contributed by atoms with Gasteiger partial charge in [0.2, 0.25) is 5.91 Å². The molecule has 0 bridgehead atoms. The Hall–Kier alpha value is -0.570. The van der Waals surface area contributed by atoms with E-state index in [9.17, 15) is 4.79 Å². The molecule has 1 amide bonds. The molecule has 0 radical (unpaired) electrons. The minimum atomic E-state index is -0.279. The van der Waals surface area contributed by atoms with Crippen LogP contribution >= 0.6 is 0 Å². The molecular formula is C14H30N2O. The molecule has 0 spiro atoms. The molecule has 3 N–H and O–H groups in total. The Morgan fingerprint density at radius 3 is 2.12 bits per heavy atom. The van der Waals surface area contributed by atoms with Gasteiger partial charge in [-0.1, -0.05) is 34.6 Å². The summed E-state index contributed by atoms with van der Waals surface area (Å²) in [6, 6.07) is 0. The van der Waals surface area contributed by atoms with Gasteiger partial charge in [0, 0.05) is 13.0 Å². The maximum absolute atomic E-state index is 11.8. The summed E-state index contributed by atoms with van der Waals surface area (Å²) in [7, 11) is 0. The maximum Gasteiger partial charge on any atom is 0.220 e. The molecule has 0 aliphatic heterocycles. The molecule has 0 saturated carbocycles. The van der Waals surface area contributed by atoms with E-state index in [2.05, 4.69) is 39.9 Å². The summed E-state index contributed by atoms with van der Waals surface area (Å²) in [4.78, 5) is 11.8. The highest BCUT2D eigenvalue weighted by Gasteiger charge is 2.28. The summed E-state index contributed by atoms with van der Waals surface area (Å²) in [5.41, 5.74) is 5.76. The Morgan fingerprint density at radius 2 is 1.76 bits per heavy atom. The minimum absolute atomic E-state index is 0.121. The fourth-order valence-electron chi connectivity index (χ4n) is 1.59. The van der Waals surface area contributed by atoms with Gasteiger partial charge in [-0.3, -0.25) is 4.79 Å². The quantitative estimate of drug-likeness (QED) is 0.752. The second-order valence-corrected chi connectivity index (χ2v) is 6.74. The van der Waals surface area contributed by atoms with E-state index in [0.717, 1.165) is 12.8 Å². The highest BCUT2D eigenvalue weighted by molar-refractivity contribution is 5.76. The van der Waals surface area contributed by atoms with Crippen LogP contribution in [0.1, 0.15) is 60.8 Å². The average molecular weight is 242 g/mol. The fourth-order valence-corrected chi connectivity index (χ4v) is 1.59. The van der Waals surface area contributed by atoms with E-state index >= 15 is 0 Å². The predicted molar refractivity (Wildman–Crippen MR) is 73.7 cm³/mol. The molecule has 0 aliphatic rings. The summed E-state index contributed by atoms with van der Waals surface area (Å²) in [6.07, 6.45) is 2.61. The first-order valence-corrected chi connectivity index (χ1v) is 6.62. The molecule has 0 saturated heterocycles. The number of carbonyl (C=O) groups is 1. The topological polar surface area (TPSA) is 55.1 Å². The van der Waals surface area contributed by atoms with Crippen molar-refractivity contribution in [2.45, 2.75) is 66.3 Å². The van der Waals surface area contributed by atoms with E-state index < -0.39 is 0 Å². The van der Waals surface area contributed by atoms with Crippen molar-refractivity contribution in [3.63, 3.8) is 0 Å². The summed E-state index contributed by atoms with van der Waals surface area (Å²) < 4.78 is 0. The molecule has 0 heterocycles. The lowest BCUT2D eigenvalue weighted by Gasteiger charge is -2.33. The fraction of sp³-hybridized carbons (Fsp3) is 0.929. The highest BCUT2D eigenvalue weighted by Crippen LogP contribution is 2.22. The van der Waals surface area contributed by atoms with Gasteiger partial charge >= 0.3 is 0 Å². The van der Waals surface area contributed by atoms with Crippen molar-refractivity contribution in [1.82, 2.24) is 5.32 Å². The second kappa shape index (κ2) is 6.39. The molecule has 0 fully saturated rings. The number of amides is 1. The molecule has 17 heavy (non-hydrogen) atoms. The Morgan fingerprint density at radius 1 is 1.24 bits per heavy atom. The van der Waals surface area contributed by atoms with Crippen LogP contribution in [0.2, 0.25) is 0 Å². The van der Waals surface area contributed by atoms with E-state index in [1.807, 2.05) is 6.92 Å². The Bertz CT molecular complexity index is 243. The summed E-state index contributed by atoms with van der Waals surface area (Å²) in [5.74, 6) is 0.468. The average Bonchev–Trinajstić information content (AvgIpc) is 2.15. The number of hydrogen-bond donors (Lipinski definition) is 2. The van der Waals surface area contributed by atoms with Gasteiger partial charge in [-0.15, -0.1) is 0 Å². The largest absolute Gasteiger partial charge is 0.349 e. The third-order valence-corrected chi connectivity index (χ3v) is 3.45. The first kappa shape index (κ1) is 16.4. The normalized spacial score (nSPS) is 15.8. The van der Waals surface area contributed by atoms with E-state index in [0.29, 0.717) is 24.3 Å². The van der Waals surface area contributed by atoms with Gasteiger partial charge in [-0.05, 0) is 31.1 Å². The molecule has 3 heteroatoms. The Labute approximate surface area is 107 Å². The highest BCUT2D eigenvalue weighted by atomic mass is 16.1. The van der Waals surface area contributed by atoms with Gasteiger partial charge in [0.15, 0.2) is 0 Å². The lowest BCUT2D eigenvalue weighted by atomic mass is 9.87. The van der Waals surface area contributed by atoms with Crippen molar-refractivity contribution in [2.24, 2.45) is 17.1 Å². The van der Waals surface area contributed by atoms with Crippen molar-refractivity contribution in [1.29, 1.82) is 0 Å². The van der Waals surface area contributed by atoms with Crippen LogP contribution < -0.4 is 11.1 Å². The van der Waals surface area contributed by atoms with E-state index in [4.69, 9.17) is 5.73 Å². The predicted octanol–water partition coefficient (Wildman–Crippen LogP) is 2.69. The van der Waals surface area contributed by atoms with Gasteiger partial charge < -0.3 is 11.1 Å². The molecule has 0 aromatic rings. The molecule has 102 valence electrons. The number of rotatable bonds is 6. The van der Waals surface area contributed by atoms with Crippen LogP contribution in [0.4, 0.5) is 0 Å². The van der Waals surface area contributed by atoms with Crippen LogP contribution in [0, 0.1) is 11.3 Å². The lowest BCUT2D eigenvalue weighted by molar-refractivity contribution is -0.123. The number of hydrogen-bond acceptors (Lipinski definition) is 2. The molecule has 0 aromatic carbocycles. The minimum Gasteiger partial charge on any atom is -0.349 e. The van der Waals surface area contributed by atoms with Gasteiger partial charge in [0.1, 0.15) is 0 Å². The lowest BCUT2D eigenvalue weighted by Crippen LogP contribution is -2.54. The Kier molecular flexibility index (Phi) is 6.17. The first-order chi connectivity index (χ1) is 7.60. The van der Waals surface area contributed by atoms with Crippen LogP contribution in [0.15, 0.2) is 0 Å². The van der Waals surface area contributed by atoms with Gasteiger partial charge in [-0.25, -0.2) is 0 Å². The van der Waals surface area contributed by atoms with Gasteiger partial charge in [0.05, 0.1) is 5.54 Å². The Balaban J connectivity index is 4.09.